The van der Waals surface area contributed by atoms with E-state index in [1.54, 1.807) is 6.07 Å². The molecule has 2 aromatic carbocycles. The maximum Gasteiger partial charge on any atom is 0.272 e. The van der Waals surface area contributed by atoms with E-state index < -0.39 is 34.0 Å². The van der Waals surface area contributed by atoms with E-state index in [1.807, 2.05) is 0 Å². The van der Waals surface area contributed by atoms with Gasteiger partial charge in [0.15, 0.2) is 0 Å². The Bertz CT molecular complexity index is 866. The lowest BCUT2D eigenvalue weighted by Gasteiger charge is -2.11. The van der Waals surface area contributed by atoms with Crippen molar-refractivity contribution < 1.29 is 29.5 Å². The number of nitrogens with one attached hydrogen (secondary N) is 1. The van der Waals surface area contributed by atoms with Crippen LogP contribution in [-0.2, 0) is 4.79 Å². The van der Waals surface area contributed by atoms with Gasteiger partial charge in [-0.1, -0.05) is 18.2 Å². The van der Waals surface area contributed by atoms with Crippen LogP contribution in [0.25, 0.3) is 0 Å². The van der Waals surface area contributed by atoms with E-state index in [0.717, 1.165) is 30.0 Å². The lowest BCUT2D eigenvalue weighted by atomic mass is 10.1. The Labute approximate surface area is 150 Å². The number of benzene rings is 2. The summed E-state index contributed by atoms with van der Waals surface area (Å²) in [6.07, 6.45) is 0. The zero-order valence-electron chi connectivity index (χ0n) is 13.0. The number of amides is 1. The predicted octanol–water partition coefficient (Wildman–Crippen LogP) is 0.0526. The van der Waals surface area contributed by atoms with Crippen molar-refractivity contribution in [1.29, 1.82) is 0 Å². The summed E-state index contributed by atoms with van der Waals surface area (Å²) in [5.74, 6) is -3.81. The fraction of sp³-hybridized carbons (Fsp3) is 0.0625. The smallest absolute Gasteiger partial charge is 0.272 e. The predicted molar refractivity (Wildman–Crippen MR) is 87.6 cm³/mol. The van der Waals surface area contributed by atoms with Crippen molar-refractivity contribution in [2.45, 2.75) is 4.90 Å². The lowest BCUT2D eigenvalue weighted by Crippen LogP contribution is -2.23. The molecule has 9 nitrogen and oxygen atoms in total. The molecule has 134 valence electrons. The second-order valence-electron chi connectivity index (χ2n) is 4.93. The summed E-state index contributed by atoms with van der Waals surface area (Å²) in [6, 6.07) is 8.80. The number of anilines is 1. The molecule has 0 fully saturated rings. The largest absolute Gasteiger partial charge is 0.545 e. The molecule has 1 N–H and O–H groups in total. The van der Waals surface area contributed by atoms with Gasteiger partial charge in [-0.15, -0.1) is 11.8 Å². The fourth-order valence-electron chi connectivity index (χ4n) is 2.01. The highest BCUT2D eigenvalue weighted by molar-refractivity contribution is 8.00. The highest BCUT2D eigenvalue weighted by Crippen LogP contribution is 2.24. The Morgan fingerprint density at radius 3 is 2.35 bits per heavy atom. The van der Waals surface area contributed by atoms with Gasteiger partial charge in [-0.05, 0) is 12.1 Å². The number of rotatable bonds is 7. The van der Waals surface area contributed by atoms with E-state index in [0.29, 0.717) is 4.90 Å². The van der Waals surface area contributed by atoms with Gasteiger partial charge in [0.25, 0.3) is 5.69 Å². The molecule has 0 aliphatic rings. The first-order chi connectivity index (χ1) is 12.3. The SMILES string of the molecule is O=C(CSc1ccccc1C(=O)[O-])Nc1cc(C(=O)[O-])cc([N+](=O)[O-])c1. The van der Waals surface area contributed by atoms with E-state index in [9.17, 15) is 34.7 Å². The van der Waals surface area contributed by atoms with Gasteiger partial charge < -0.3 is 25.1 Å². The number of nitrogens with zero attached hydrogens (tertiary/aromatic N) is 1. The molecule has 2 rings (SSSR count). The van der Waals surface area contributed by atoms with Crippen molar-refractivity contribution >= 4 is 41.0 Å². The summed E-state index contributed by atoms with van der Waals surface area (Å²) in [4.78, 5) is 44.3. The van der Waals surface area contributed by atoms with Crippen molar-refractivity contribution in [3.05, 3.63) is 63.7 Å². The molecular formula is C16H10N2O7S-2. The van der Waals surface area contributed by atoms with Gasteiger partial charge in [-0.3, -0.25) is 14.9 Å². The van der Waals surface area contributed by atoms with Crippen LogP contribution in [0.5, 0.6) is 0 Å². The van der Waals surface area contributed by atoms with E-state index in [2.05, 4.69) is 5.32 Å². The average molecular weight is 374 g/mol. The first-order valence-electron chi connectivity index (χ1n) is 7.02. The van der Waals surface area contributed by atoms with Gasteiger partial charge in [-0.2, -0.15) is 0 Å². The molecule has 0 bridgehead atoms. The molecule has 0 aliphatic carbocycles. The molecule has 10 heteroatoms. The first kappa shape index (κ1) is 18.9. The summed E-state index contributed by atoms with van der Waals surface area (Å²) in [5.41, 5.74) is -1.13. The topological polar surface area (TPSA) is 153 Å². The Balaban J connectivity index is 2.12. The van der Waals surface area contributed by atoms with Crippen LogP contribution in [0.15, 0.2) is 47.4 Å². The molecule has 2 aromatic rings. The minimum Gasteiger partial charge on any atom is -0.545 e. The molecule has 0 radical (unpaired) electrons. The van der Waals surface area contributed by atoms with Crippen molar-refractivity contribution in [2.75, 3.05) is 11.1 Å². The minimum atomic E-state index is -1.62. The number of carbonyl (C=O) groups excluding carboxylic acids is 3. The van der Waals surface area contributed by atoms with Crippen LogP contribution in [0.1, 0.15) is 20.7 Å². The Kier molecular flexibility index (Phi) is 5.91. The third-order valence-corrected chi connectivity index (χ3v) is 4.19. The summed E-state index contributed by atoms with van der Waals surface area (Å²) in [5, 5.41) is 35.1. The molecule has 0 unspecified atom stereocenters. The Morgan fingerprint density at radius 2 is 1.73 bits per heavy atom. The van der Waals surface area contributed by atoms with Crippen LogP contribution in [0, 0.1) is 10.1 Å². The summed E-state index contributed by atoms with van der Waals surface area (Å²) in [7, 11) is 0. The fourth-order valence-corrected chi connectivity index (χ4v) is 2.85. The number of non-ortho nitro benzene ring substituents is 1. The number of nitro groups is 1. The highest BCUT2D eigenvalue weighted by Gasteiger charge is 2.13. The molecule has 0 heterocycles. The molecule has 0 saturated carbocycles. The standard InChI is InChI=1S/C16H12N2O7S/c19-14(8-26-13-4-2-1-3-12(13)16(22)23)17-10-5-9(15(20)21)6-11(7-10)18(24)25/h1-7H,8H2,(H,17,19)(H,20,21)(H,22,23)/p-2. The van der Waals surface area contributed by atoms with Crippen LogP contribution >= 0.6 is 11.8 Å². The van der Waals surface area contributed by atoms with E-state index in [-0.39, 0.29) is 17.0 Å². The van der Waals surface area contributed by atoms with Gasteiger partial charge in [0.2, 0.25) is 5.91 Å². The van der Waals surface area contributed by atoms with E-state index in [1.165, 1.54) is 18.2 Å². The number of carbonyl (C=O) groups is 3. The van der Waals surface area contributed by atoms with Crippen LogP contribution < -0.4 is 15.5 Å². The molecule has 0 atom stereocenters. The van der Waals surface area contributed by atoms with Crippen molar-refractivity contribution in [3.8, 4) is 0 Å². The number of hydrogen-bond acceptors (Lipinski definition) is 8. The normalized spacial score (nSPS) is 10.2. The second kappa shape index (κ2) is 8.12. The maximum atomic E-state index is 12.0. The zero-order chi connectivity index (χ0) is 19.3. The number of hydrogen-bond donors (Lipinski definition) is 1. The molecule has 0 spiro atoms. The number of nitro benzene ring substituents is 1. The third-order valence-electron chi connectivity index (χ3n) is 3.11. The second-order valence-corrected chi connectivity index (χ2v) is 5.95. The Morgan fingerprint density at radius 1 is 1.04 bits per heavy atom. The lowest BCUT2D eigenvalue weighted by molar-refractivity contribution is -0.384. The van der Waals surface area contributed by atoms with Gasteiger partial charge in [0.1, 0.15) is 0 Å². The third kappa shape index (κ3) is 4.80. The quantitative estimate of drug-likeness (QED) is 0.405. The van der Waals surface area contributed by atoms with Crippen LogP contribution in [0.4, 0.5) is 11.4 Å². The Hall–Kier alpha value is -3.40. The molecule has 26 heavy (non-hydrogen) atoms. The van der Waals surface area contributed by atoms with E-state index in [4.69, 9.17) is 0 Å². The molecule has 0 saturated heterocycles. The summed E-state index contributed by atoms with van der Waals surface area (Å²) in [6.45, 7) is 0. The van der Waals surface area contributed by atoms with Crippen LogP contribution in [0.2, 0.25) is 0 Å². The number of aromatic carboxylic acids is 2. The molecule has 0 aliphatic heterocycles. The maximum absolute atomic E-state index is 12.0. The monoisotopic (exact) mass is 374 g/mol. The highest BCUT2D eigenvalue weighted by atomic mass is 32.2. The van der Waals surface area contributed by atoms with Crippen LogP contribution in [-0.4, -0.2) is 28.5 Å². The van der Waals surface area contributed by atoms with Crippen molar-refractivity contribution in [1.82, 2.24) is 0 Å². The summed E-state index contributed by atoms with van der Waals surface area (Å²) < 4.78 is 0. The molecule has 0 aromatic heterocycles. The molecular weight excluding hydrogens is 364 g/mol. The number of thioether (sulfide) groups is 1. The van der Waals surface area contributed by atoms with E-state index >= 15 is 0 Å². The van der Waals surface area contributed by atoms with Gasteiger partial charge in [0, 0.05) is 33.8 Å². The minimum absolute atomic E-state index is 0.0695. The van der Waals surface area contributed by atoms with Gasteiger partial charge in [-0.25, -0.2) is 0 Å². The number of carboxylic acids is 2. The van der Waals surface area contributed by atoms with Crippen molar-refractivity contribution in [3.63, 3.8) is 0 Å². The first-order valence-corrected chi connectivity index (χ1v) is 8.00. The average Bonchev–Trinajstić information content (AvgIpc) is 2.59. The molecule has 1 amide bonds. The van der Waals surface area contributed by atoms with Gasteiger partial charge in [0.05, 0.1) is 22.6 Å². The van der Waals surface area contributed by atoms with Gasteiger partial charge >= 0.3 is 0 Å². The zero-order valence-corrected chi connectivity index (χ0v) is 13.8. The van der Waals surface area contributed by atoms with Crippen LogP contribution in [0.3, 0.4) is 0 Å². The van der Waals surface area contributed by atoms with Crippen molar-refractivity contribution in [2.24, 2.45) is 0 Å². The summed E-state index contributed by atoms with van der Waals surface area (Å²) >= 11 is 0.928. The number of carboxylic acid groups (broad SMARTS) is 2.